The molecular formula is C28H32FN5O2. The Morgan fingerprint density at radius 1 is 0.944 bits per heavy atom. The lowest BCUT2D eigenvalue weighted by molar-refractivity contribution is 0.0517. The molecule has 0 atom stereocenters. The van der Waals surface area contributed by atoms with Crippen LogP contribution in [0.15, 0.2) is 49.1 Å². The van der Waals surface area contributed by atoms with Crippen LogP contribution in [0.2, 0.25) is 0 Å². The lowest BCUT2D eigenvalue weighted by Crippen LogP contribution is -2.48. The van der Waals surface area contributed by atoms with E-state index in [1.54, 1.807) is 18.6 Å². The molecule has 0 spiro atoms. The van der Waals surface area contributed by atoms with E-state index in [9.17, 15) is 4.39 Å². The fraction of sp³-hybridized carbons (Fsp3) is 0.464. The molecule has 3 aliphatic rings. The zero-order valence-electron chi connectivity index (χ0n) is 20.5. The summed E-state index contributed by atoms with van der Waals surface area (Å²) in [4.78, 5) is 18.2. The van der Waals surface area contributed by atoms with E-state index in [1.165, 1.54) is 12.1 Å². The van der Waals surface area contributed by atoms with Crippen molar-refractivity contribution in [2.45, 2.75) is 31.6 Å². The first kappa shape index (κ1) is 23.3. The van der Waals surface area contributed by atoms with Gasteiger partial charge in [0.05, 0.1) is 11.9 Å². The van der Waals surface area contributed by atoms with Gasteiger partial charge in [-0.3, -0.25) is 9.88 Å². The van der Waals surface area contributed by atoms with Gasteiger partial charge in [-0.25, -0.2) is 14.4 Å². The van der Waals surface area contributed by atoms with E-state index in [0.717, 1.165) is 94.6 Å². The maximum absolute atomic E-state index is 14.4. The predicted octanol–water partition coefficient (Wildman–Crippen LogP) is 4.90. The third kappa shape index (κ3) is 5.20. The average Bonchev–Trinajstić information content (AvgIpc) is 3.77. The largest absolute Gasteiger partial charge is 0.451 e. The average molecular weight is 490 g/mol. The Morgan fingerprint density at radius 2 is 1.78 bits per heavy atom. The van der Waals surface area contributed by atoms with Crippen LogP contribution < -0.4 is 9.64 Å². The second-order valence-corrected chi connectivity index (χ2v) is 10.0. The van der Waals surface area contributed by atoms with E-state index >= 15 is 0 Å². The lowest BCUT2D eigenvalue weighted by Gasteiger charge is -2.38. The molecule has 1 aromatic carbocycles. The molecule has 2 aliphatic heterocycles. The minimum Gasteiger partial charge on any atom is -0.451 e. The highest BCUT2D eigenvalue weighted by Crippen LogP contribution is 2.45. The van der Waals surface area contributed by atoms with Crippen molar-refractivity contribution in [2.75, 3.05) is 50.8 Å². The molecule has 1 saturated carbocycles. The minimum absolute atomic E-state index is 0.298. The third-order valence-electron chi connectivity index (χ3n) is 7.44. The van der Waals surface area contributed by atoms with Crippen LogP contribution in [0, 0.1) is 11.7 Å². The van der Waals surface area contributed by atoms with Gasteiger partial charge in [0.2, 0.25) is 0 Å². The number of benzene rings is 1. The van der Waals surface area contributed by atoms with Gasteiger partial charge in [-0.15, -0.1) is 0 Å². The molecule has 0 N–H and O–H groups in total. The van der Waals surface area contributed by atoms with Crippen LogP contribution in [0.1, 0.15) is 37.3 Å². The molecule has 2 aromatic heterocycles. The number of aromatic nitrogens is 3. The van der Waals surface area contributed by atoms with Gasteiger partial charge < -0.3 is 14.4 Å². The molecule has 8 heteroatoms. The Kier molecular flexibility index (Phi) is 6.79. The zero-order valence-corrected chi connectivity index (χ0v) is 20.5. The van der Waals surface area contributed by atoms with E-state index in [4.69, 9.17) is 9.47 Å². The second-order valence-electron chi connectivity index (χ2n) is 10.0. The van der Waals surface area contributed by atoms with E-state index < -0.39 is 0 Å². The van der Waals surface area contributed by atoms with Gasteiger partial charge in [-0.2, -0.15) is 0 Å². The number of nitrogens with zero attached hydrogens (tertiary/aromatic N) is 5. The SMILES string of the molecule is Fc1ccc(Oc2cncnc2N2CCN(CC3CCOCC3)CC2)c(-c2cccnc2C2CC2)c1. The fourth-order valence-corrected chi connectivity index (χ4v) is 5.30. The van der Waals surface area contributed by atoms with Crippen molar-refractivity contribution in [3.8, 4) is 22.6 Å². The summed E-state index contributed by atoms with van der Waals surface area (Å²) >= 11 is 0. The quantitative estimate of drug-likeness (QED) is 0.468. The number of ether oxygens (including phenoxy) is 2. The standard InChI is InChI=1S/C28H32FN5O2/c29-22-5-6-25(24(16-22)23-2-1-9-31-27(23)21-3-4-21)36-26-17-30-19-32-28(26)34-12-10-33(11-13-34)18-20-7-14-35-15-8-20/h1-2,5-6,9,16-17,19-21H,3-4,7-8,10-15,18H2. The molecule has 188 valence electrons. The van der Waals surface area contributed by atoms with Gasteiger partial charge >= 0.3 is 0 Å². The summed E-state index contributed by atoms with van der Waals surface area (Å²) in [6.45, 7) is 6.64. The number of halogens is 1. The molecule has 7 nitrogen and oxygen atoms in total. The van der Waals surface area contributed by atoms with Crippen molar-refractivity contribution in [3.05, 3.63) is 60.6 Å². The molecule has 0 unspecified atom stereocenters. The van der Waals surface area contributed by atoms with Crippen molar-refractivity contribution in [3.63, 3.8) is 0 Å². The molecule has 36 heavy (non-hydrogen) atoms. The van der Waals surface area contributed by atoms with Crippen molar-refractivity contribution in [1.82, 2.24) is 19.9 Å². The van der Waals surface area contributed by atoms with Crippen LogP contribution in [0.5, 0.6) is 11.5 Å². The molecule has 4 heterocycles. The van der Waals surface area contributed by atoms with Crippen molar-refractivity contribution >= 4 is 5.82 Å². The number of piperazine rings is 1. The van der Waals surface area contributed by atoms with E-state index in [-0.39, 0.29) is 5.82 Å². The summed E-state index contributed by atoms with van der Waals surface area (Å²) in [7, 11) is 0. The summed E-state index contributed by atoms with van der Waals surface area (Å²) in [5.74, 6) is 2.81. The number of pyridine rings is 1. The number of hydrogen-bond acceptors (Lipinski definition) is 7. The number of anilines is 1. The highest BCUT2D eigenvalue weighted by Gasteiger charge is 2.29. The van der Waals surface area contributed by atoms with Crippen molar-refractivity contribution < 1.29 is 13.9 Å². The first-order chi connectivity index (χ1) is 17.7. The van der Waals surface area contributed by atoms with Crippen LogP contribution >= 0.6 is 0 Å². The molecule has 0 amide bonds. The first-order valence-corrected chi connectivity index (χ1v) is 13.0. The van der Waals surface area contributed by atoms with Gasteiger partial charge in [-0.1, -0.05) is 6.07 Å². The molecule has 3 aromatic rings. The van der Waals surface area contributed by atoms with E-state index in [0.29, 0.717) is 23.0 Å². The number of rotatable bonds is 7. The molecule has 6 rings (SSSR count). The van der Waals surface area contributed by atoms with Crippen LogP contribution in [0.25, 0.3) is 11.1 Å². The minimum atomic E-state index is -0.298. The van der Waals surface area contributed by atoms with Gasteiger partial charge in [0.15, 0.2) is 11.6 Å². The summed E-state index contributed by atoms with van der Waals surface area (Å²) < 4.78 is 26.3. The fourth-order valence-electron chi connectivity index (χ4n) is 5.30. The summed E-state index contributed by atoms with van der Waals surface area (Å²) in [5, 5.41) is 0. The summed E-state index contributed by atoms with van der Waals surface area (Å²) in [6, 6.07) is 8.56. The molecule has 0 radical (unpaired) electrons. The van der Waals surface area contributed by atoms with Crippen LogP contribution in [-0.4, -0.2) is 65.8 Å². The van der Waals surface area contributed by atoms with Crippen LogP contribution in [0.4, 0.5) is 10.2 Å². The highest BCUT2D eigenvalue weighted by atomic mass is 19.1. The van der Waals surface area contributed by atoms with Gasteiger partial charge in [0.25, 0.3) is 0 Å². The molecule has 1 aliphatic carbocycles. The normalized spacial score (nSPS) is 19.4. The molecule has 3 fully saturated rings. The van der Waals surface area contributed by atoms with Gasteiger partial charge in [0.1, 0.15) is 17.9 Å². The Bertz CT molecular complexity index is 1190. The Morgan fingerprint density at radius 3 is 2.58 bits per heavy atom. The second kappa shape index (κ2) is 10.5. The van der Waals surface area contributed by atoms with E-state index in [2.05, 4.69) is 24.8 Å². The topological polar surface area (TPSA) is 63.6 Å². The monoisotopic (exact) mass is 489 g/mol. The maximum atomic E-state index is 14.4. The molecule has 2 saturated heterocycles. The molecular weight excluding hydrogens is 457 g/mol. The Balaban J connectivity index is 1.21. The van der Waals surface area contributed by atoms with Crippen LogP contribution in [-0.2, 0) is 4.74 Å². The van der Waals surface area contributed by atoms with Crippen LogP contribution in [0.3, 0.4) is 0 Å². The predicted molar refractivity (Wildman–Crippen MR) is 136 cm³/mol. The van der Waals surface area contributed by atoms with Gasteiger partial charge in [0, 0.05) is 69.2 Å². The van der Waals surface area contributed by atoms with Crippen molar-refractivity contribution in [2.24, 2.45) is 5.92 Å². The summed E-state index contributed by atoms with van der Waals surface area (Å²) in [6.07, 6.45) is 9.62. The zero-order chi connectivity index (χ0) is 24.3. The smallest absolute Gasteiger partial charge is 0.188 e. The van der Waals surface area contributed by atoms with E-state index in [1.807, 2.05) is 18.3 Å². The third-order valence-corrected chi connectivity index (χ3v) is 7.44. The Labute approximate surface area is 211 Å². The number of hydrogen-bond donors (Lipinski definition) is 0. The maximum Gasteiger partial charge on any atom is 0.188 e. The van der Waals surface area contributed by atoms with Gasteiger partial charge in [-0.05, 0) is 55.9 Å². The molecule has 0 bridgehead atoms. The summed E-state index contributed by atoms with van der Waals surface area (Å²) in [5.41, 5.74) is 2.65. The highest BCUT2D eigenvalue weighted by molar-refractivity contribution is 5.74. The first-order valence-electron chi connectivity index (χ1n) is 13.0. The Hall–Kier alpha value is -3.10. The van der Waals surface area contributed by atoms with Crippen molar-refractivity contribution in [1.29, 1.82) is 0 Å². The lowest BCUT2D eigenvalue weighted by atomic mass is 9.99.